The number of hydrogen-bond donors (Lipinski definition) is 1. The first kappa shape index (κ1) is 14.2. The summed E-state index contributed by atoms with van der Waals surface area (Å²) in [6, 6.07) is -0.152. The summed E-state index contributed by atoms with van der Waals surface area (Å²) in [5, 5.41) is 9.25. The summed E-state index contributed by atoms with van der Waals surface area (Å²) >= 11 is 0. The lowest BCUT2D eigenvalue weighted by molar-refractivity contribution is 0.276. The number of sulfonamides is 1. The zero-order valence-electron chi connectivity index (χ0n) is 10.8. The monoisotopic (exact) mass is 261 g/mol. The maximum absolute atomic E-state index is 12.3. The number of aryl methyl sites for hydroxylation is 2. The van der Waals surface area contributed by atoms with Crippen molar-refractivity contribution in [1.29, 1.82) is 0 Å². The Morgan fingerprint density at radius 2 is 1.82 bits per heavy atom. The van der Waals surface area contributed by atoms with Crippen LogP contribution in [0.5, 0.6) is 0 Å². The van der Waals surface area contributed by atoms with Gasteiger partial charge < -0.3 is 9.52 Å². The quantitative estimate of drug-likeness (QED) is 0.889. The molecule has 98 valence electrons. The summed E-state index contributed by atoms with van der Waals surface area (Å²) in [6.07, 6.45) is 0. The number of hydrogen-bond acceptors (Lipinski definition) is 4. The van der Waals surface area contributed by atoms with E-state index in [0.717, 1.165) is 0 Å². The molecular weight excluding hydrogens is 242 g/mol. The number of rotatable bonds is 4. The Balaban J connectivity index is 3.43. The molecule has 0 saturated carbocycles. The molecule has 0 aromatic carbocycles. The van der Waals surface area contributed by atoms with Gasteiger partial charge in [0.25, 0.3) is 0 Å². The molecule has 0 atom stereocenters. The molecule has 0 aliphatic rings. The van der Waals surface area contributed by atoms with E-state index < -0.39 is 10.0 Å². The lowest BCUT2D eigenvalue weighted by Gasteiger charge is -2.21. The van der Waals surface area contributed by atoms with Gasteiger partial charge in [-0.05, 0) is 27.7 Å². The molecule has 0 bridgehead atoms. The molecule has 1 rings (SSSR count). The molecule has 0 unspecified atom stereocenters. The third-order valence-electron chi connectivity index (χ3n) is 2.85. The molecule has 1 N–H and O–H groups in total. The zero-order chi connectivity index (χ0) is 13.4. The van der Waals surface area contributed by atoms with E-state index in [1.807, 2.05) is 0 Å². The summed E-state index contributed by atoms with van der Waals surface area (Å²) in [7, 11) is -2.09. The van der Waals surface area contributed by atoms with Crippen LogP contribution in [0.1, 0.15) is 30.9 Å². The van der Waals surface area contributed by atoms with Crippen LogP contribution >= 0.6 is 0 Å². The van der Waals surface area contributed by atoms with Gasteiger partial charge in [0, 0.05) is 18.7 Å². The zero-order valence-corrected chi connectivity index (χ0v) is 11.6. The maximum Gasteiger partial charge on any atom is 0.246 e. The Labute approximate surface area is 102 Å². The smallest absolute Gasteiger partial charge is 0.246 e. The lowest BCUT2D eigenvalue weighted by Crippen LogP contribution is -2.33. The molecule has 17 heavy (non-hydrogen) atoms. The van der Waals surface area contributed by atoms with Crippen molar-refractivity contribution in [3.63, 3.8) is 0 Å². The summed E-state index contributed by atoms with van der Waals surface area (Å²) < 4.78 is 31.2. The average Bonchev–Trinajstić information content (AvgIpc) is 2.51. The molecule has 0 spiro atoms. The van der Waals surface area contributed by atoms with Gasteiger partial charge in [-0.25, -0.2) is 8.42 Å². The van der Waals surface area contributed by atoms with Gasteiger partial charge in [-0.2, -0.15) is 4.31 Å². The predicted molar refractivity (Wildman–Crippen MR) is 64.2 cm³/mol. The van der Waals surface area contributed by atoms with Crippen LogP contribution in [0.15, 0.2) is 9.31 Å². The van der Waals surface area contributed by atoms with Gasteiger partial charge in [0.05, 0.1) is 6.61 Å². The Morgan fingerprint density at radius 3 is 2.24 bits per heavy atom. The van der Waals surface area contributed by atoms with Crippen molar-refractivity contribution in [2.24, 2.45) is 0 Å². The van der Waals surface area contributed by atoms with Crippen LogP contribution in [-0.4, -0.2) is 30.9 Å². The number of aliphatic hydroxyl groups excluding tert-OH is 1. The molecule has 1 aromatic rings. The van der Waals surface area contributed by atoms with Crippen LogP contribution in [0.3, 0.4) is 0 Å². The summed E-state index contributed by atoms with van der Waals surface area (Å²) in [5.41, 5.74) is 0.343. The fourth-order valence-corrected chi connectivity index (χ4v) is 3.42. The molecule has 0 saturated heterocycles. The fraction of sp³-hybridized carbons (Fsp3) is 0.636. The Kier molecular flexibility index (Phi) is 4.01. The Bertz CT molecular complexity index is 502. The van der Waals surface area contributed by atoms with Gasteiger partial charge in [0.15, 0.2) is 0 Å². The van der Waals surface area contributed by atoms with Crippen LogP contribution in [0.25, 0.3) is 0 Å². The summed E-state index contributed by atoms with van der Waals surface area (Å²) in [6.45, 7) is 6.47. The first-order chi connectivity index (χ1) is 7.73. The van der Waals surface area contributed by atoms with Crippen molar-refractivity contribution in [2.45, 2.75) is 45.2 Å². The second-order valence-corrected chi connectivity index (χ2v) is 6.23. The molecule has 0 fully saturated rings. The molecule has 0 radical (unpaired) electrons. The minimum Gasteiger partial charge on any atom is -0.465 e. The third-order valence-corrected chi connectivity index (χ3v) is 5.08. The molecule has 0 amide bonds. The van der Waals surface area contributed by atoms with Gasteiger partial charge in [0.2, 0.25) is 10.0 Å². The predicted octanol–water partition coefficient (Wildman–Crippen LogP) is 1.42. The lowest BCUT2D eigenvalue weighted by atomic mass is 10.2. The fourth-order valence-electron chi connectivity index (χ4n) is 1.65. The van der Waals surface area contributed by atoms with Gasteiger partial charge in [0.1, 0.15) is 16.4 Å². The van der Waals surface area contributed by atoms with Gasteiger partial charge in [-0.3, -0.25) is 0 Å². The number of nitrogens with zero attached hydrogens (tertiary/aromatic N) is 1. The van der Waals surface area contributed by atoms with Crippen molar-refractivity contribution in [3.8, 4) is 0 Å². The van der Waals surface area contributed by atoms with E-state index >= 15 is 0 Å². The van der Waals surface area contributed by atoms with Gasteiger partial charge in [-0.1, -0.05) is 0 Å². The van der Waals surface area contributed by atoms with E-state index in [1.54, 1.807) is 27.7 Å². The van der Waals surface area contributed by atoms with Crippen LogP contribution in [0, 0.1) is 13.8 Å². The molecular formula is C11H19NO4S. The highest BCUT2D eigenvalue weighted by Crippen LogP contribution is 2.29. The number of furan rings is 1. The van der Waals surface area contributed by atoms with Crippen molar-refractivity contribution >= 4 is 10.0 Å². The molecule has 5 nitrogen and oxygen atoms in total. The third kappa shape index (κ3) is 2.38. The van der Waals surface area contributed by atoms with Gasteiger partial charge >= 0.3 is 0 Å². The van der Waals surface area contributed by atoms with Crippen molar-refractivity contribution in [2.75, 3.05) is 7.05 Å². The maximum atomic E-state index is 12.3. The molecule has 1 heterocycles. The number of aliphatic hydroxyl groups is 1. The standard InChI is InChI=1S/C11H19NO4S/c1-7(2)12(5)17(14,15)11-9(4)16-8(3)10(11)6-13/h7,13H,6H2,1-5H3. The molecule has 0 aliphatic carbocycles. The average molecular weight is 261 g/mol. The Morgan fingerprint density at radius 1 is 1.29 bits per heavy atom. The highest BCUT2D eigenvalue weighted by Gasteiger charge is 2.31. The topological polar surface area (TPSA) is 70.8 Å². The minimum atomic E-state index is -3.61. The second-order valence-electron chi connectivity index (χ2n) is 4.30. The van der Waals surface area contributed by atoms with Gasteiger partial charge in [-0.15, -0.1) is 0 Å². The van der Waals surface area contributed by atoms with E-state index in [9.17, 15) is 13.5 Å². The normalized spacial score (nSPS) is 12.7. The first-order valence-corrected chi connectivity index (χ1v) is 6.85. The summed E-state index contributed by atoms with van der Waals surface area (Å²) in [4.78, 5) is 0.0914. The molecule has 0 aliphatic heterocycles. The van der Waals surface area contributed by atoms with E-state index in [-0.39, 0.29) is 17.5 Å². The van der Waals surface area contributed by atoms with Crippen molar-refractivity contribution in [1.82, 2.24) is 4.31 Å². The second kappa shape index (κ2) is 4.80. The van der Waals surface area contributed by atoms with Crippen LogP contribution in [0.4, 0.5) is 0 Å². The summed E-state index contributed by atoms with van der Waals surface area (Å²) in [5.74, 6) is 0.764. The highest BCUT2D eigenvalue weighted by atomic mass is 32.2. The largest absolute Gasteiger partial charge is 0.465 e. The van der Waals surface area contributed by atoms with E-state index in [1.165, 1.54) is 11.4 Å². The van der Waals surface area contributed by atoms with Crippen molar-refractivity contribution in [3.05, 3.63) is 17.1 Å². The Hall–Kier alpha value is -0.850. The first-order valence-electron chi connectivity index (χ1n) is 5.41. The SMILES string of the molecule is Cc1oc(C)c(S(=O)(=O)N(C)C(C)C)c1CO. The van der Waals surface area contributed by atoms with E-state index in [4.69, 9.17) is 4.42 Å². The van der Waals surface area contributed by atoms with E-state index in [2.05, 4.69) is 0 Å². The van der Waals surface area contributed by atoms with Crippen LogP contribution < -0.4 is 0 Å². The highest BCUT2D eigenvalue weighted by molar-refractivity contribution is 7.89. The molecule has 6 heteroatoms. The molecule has 1 aromatic heterocycles. The van der Waals surface area contributed by atoms with Crippen LogP contribution in [0.2, 0.25) is 0 Å². The van der Waals surface area contributed by atoms with Crippen LogP contribution in [-0.2, 0) is 16.6 Å². The van der Waals surface area contributed by atoms with E-state index in [0.29, 0.717) is 17.1 Å². The van der Waals surface area contributed by atoms with Crippen molar-refractivity contribution < 1.29 is 17.9 Å². The minimum absolute atomic E-state index is 0.0914.